The van der Waals surface area contributed by atoms with E-state index in [0.717, 1.165) is 12.0 Å². The topological polar surface area (TPSA) is 49.4 Å². The Morgan fingerprint density at radius 3 is 2.60 bits per heavy atom. The Morgan fingerprint density at radius 1 is 1.12 bits per heavy atom. The molecule has 25 heavy (non-hydrogen) atoms. The zero-order valence-electron chi connectivity index (χ0n) is 14.4. The molecule has 0 unspecified atom stereocenters. The highest BCUT2D eigenvalue weighted by Crippen LogP contribution is 2.24. The number of anilines is 1. The van der Waals surface area contributed by atoms with Gasteiger partial charge in [-0.15, -0.1) is 0 Å². The quantitative estimate of drug-likeness (QED) is 0.928. The molecule has 1 heterocycles. The van der Waals surface area contributed by atoms with Crippen LogP contribution in [0.1, 0.15) is 35.3 Å². The van der Waals surface area contributed by atoms with Gasteiger partial charge in [-0.2, -0.15) is 0 Å². The van der Waals surface area contributed by atoms with Crippen LogP contribution in [0.25, 0.3) is 0 Å². The van der Waals surface area contributed by atoms with Gasteiger partial charge in [-0.25, -0.2) is 4.39 Å². The fourth-order valence-corrected chi connectivity index (χ4v) is 3.03. The van der Waals surface area contributed by atoms with Gasteiger partial charge in [-0.3, -0.25) is 9.59 Å². The van der Waals surface area contributed by atoms with Crippen molar-refractivity contribution in [3.63, 3.8) is 0 Å². The van der Waals surface area contributed by atoms with Crippen LogP contribution in [0.2, 0.25) is 0 Å². The third-order valence-electron chi connectivity index (χ3n) is 4.40. The molecule has 1 N–H and O–H groups in total. The van der Waals surface area contributed by atoms with Crippen LogP contribution in [-0.2, 0) is 17.8 Å². The van der Waals surface area contributed by atoms with E-state index in [9.17, 15) is 14.0 Å². The van der Waals surface area contributed by atoms with Crippen LogP contribution < -0.4 is 5.32 Å². The van der Waals surface area contributed by atoms with Crippen molar-refractivity contribution in [2.75, 3.05) is 11.9 Å². The Hall–Kier alpha value is -2.69. The highest BCUT2D eigenvalue weighted by molar-refractivity contribution is 6.04. The average Bonchev–Trinajstić information content (AvgIpc) is 2.60. The van der Waals surface area contributed by atoms with Crippen molar-refractivity contribution in [1.29, 1.82) is 0 Å². The fraction of sp³-hybridized carbons (Fsp3) is 0.300. The Morgan fingerprint density at radius 2 is 1.88 bits per heavy atom. The number of carbonyl (C=O) groups is 2. The smallest absolute Gasteiger partial charge is 0.258 e. The fourth-order valence-electron chi connectivity index (χ4n) is 3.03. The summed E-state index contributed by atoms with van der Waals surface area (Å²) in [7, 11) is 0. The lowest BCUT2D eigenvalue weighted by Crippen LogP contribution is -2.38. The minimum Gasteiger partial charge on any atom is -0.338 e. The molecular weight excluding hydrogens is 319 g/mol. The van der Waals surface area contributed by atoms with Crippen LogP contribution >= 0.6 is 0 Å². The van der Waals surface area contributed by atoms with Crippen molar-refractivity contribution in [2.45, 2.75) is 26.8 Å². The molecule has 5 heteroatoms. The van der Waals surface area contributed by atoms with Crippen LogP contribution in [0.4, 0.5) is 10.1 Å². The number of benzene rings is 2. The van der Waals surface area contributed by atoms with Gasteiger partial charge in [0.1, 0.15) is 5.82 Å². The third kappa shape index (κ3) is 3.71. The molecule has 0 spiro atoms. The zero-order chi connectivity index (χ0) is 18.0. The summed E-state index contributed by atoms with van der Waals surface area (Å²) >= 11 is 0. The number of nitrogens with one attached hydrogen (secondary N) is 1. The molecule has 3 rings (SSSR count). The summed E-state index contributed by atoms with van der Waals surface area (Å²) in [6.45, 7) is 5.03. The second kappa shape index (κ2) is 7.05. The molecule has 2 aromatic rings. The van der Waals surface area contributed by atoms with Gasteiger partial charge in [0.15, 0.2) is 0 Å². The van der Waals surface area contributed by atoms with Crippen molar-refractivity contribution in [2.24, 2.45) is 5.92 Å². The normalized spacial score (nSPS) is 13.5. The lowest BCUT2D eigenvalue weighted by molar-refractivity contribution is -0.135. The molecule has 0 saturated heterocycles. The van der Waals surface area contributed by atoms with Gasteiger partial charge >= 0.3 is 0 Å². The number of hydrogen-bond donors (Lipinski definition) is 1. The van der Waals surface area contributed by atoms with E-state index in [1.54, 1.807) is 12.1 Å². The maximum absolute atomic E-state index is 13.7. The summed E-state index contributed by atoms with van der Waals surface area (Å²) in [5.74, 6) is -0.937. The number of hydrogen-bond acceptors (Lipinski definition) is 2. The molecule has 4 nitrogen and oxygen atoms in total. The van der Waals surface area contributed by atoms with Crippen LogP contribution in [0, 0.1) is 11.7 Å². The Kier molecular flexibility index (Phi) is 4.83. The summed E-state index contributed by atoms with van der Waals surface area (Å²) in [6, 6.07) is 11.5. The summed E-state index contributed by atoms with van der Waals surface area (Å²) in [5, 5.41) is 2.73. The molecule has 0 atom stereocenters. The first-order valence-electron chi connectivity index (χ1n) is 8.42. The summed E-state index contributed by atoms with van der Waals surface area (Å²) in [6.07, 6.45) is 0.801. The maximum atomic E-state index is 13.7. The van der Waals surface area contributed by atoms with Crippen molar-refractivity contribution in [3.05, 3.63) is 65.0 Å². The molecule has 0 fully saturated rings. The van der Waals surface area contributed by atoms with E-state index in [1.165, 1.54) is 17.7 Å². The Labute approximate surface area is 146 Å². The standard InChI is InChI=1S/C20H21FN2O2/c1-13(2)20(25)23-10-9-14-7-8-16(11-15(14)12-23)22-19(24)17-5-3-4-6-18(17)21/h3-8,11,13H,9-10,12H2,1-2H3,(H,22,24). The van der Waals surface area contributed by atoms with Gasteiger partial charge in [0.05, 0.1) is 5.56 Å². The van der Waals surface area contributed by atoms with Crippen LogP contribution in [-0.4, -0.2) is 23.3 Å². The van der Waals surface area contributed by atoms with Gasteiger partial charge in [-0.1, -0.05) is 32.0 Å². The van der Waals surface area contributed by atoms with E-state index in [4.69, 9.17) is 0 Å². The molecule has 1 aliphatic rings. The zero-order valence-corrected chi connectivity index (χ0v) is 14.4. The maximum Gasteiger partial charge on any atom is 0.258 e. The monoisotopic (exact) mass is 340 g/mol. The van der Waals surface area contributed by atoms with Gasteiger partial charge in [-0.05, 0) is 41.8 Å². The summed E-state index contributed by atoms with van der Waals surface area (Å²) < 4.78 is 13.7. The highest BCUT2D eigenvalue weighted by Gasteiger charge is 2.23. The molecule has 130 valence electrons. The molecule has 2 aromatic carbocycles. The predicted molar refractivity (Wildman–Crippen MR) is 94.8 cm³/mol. The van der Waals surface area contributed by atoms with Gasteiger partial charge < -0.3 is 10.2 Å². The molecule has 2 amide bonds. The first kappa shape index (κ1) is 17.1. The van der Waals surface area contributed by atoms with Crippen molar-refractivity contribution in [3.8, 4) is 0 Å². The second-order valence-electron chi connectivity index (χ2n) is 6.58. The lowest BCUT2D eigenvalue weighted by Gasteiger charge is -2.30. The second-order valence-corrected chi connectivity index (χ2v) is 6.58. The molecule has 0 saturated carbocycles. The molecule has 0 radical (unpaired) electrons. The van der Waals surface area contributed by atoms with Crippen molar-refractivity contribution < 1.29 is 14.0 Å². The highest BCUT2D eigenvalue weighted by atomic mass is 19.1. The number of nitrogens with zero attached hydrogens (tertiary/aromatic N) is 1. The number of halogens is 1. The van der Waals surface area contributed by atoms with E-state index in [-0.39, 0.29) is 17.4 Å². The largest absolute Gasteiger partial charge is 0.338 e. The summed E-state index contributed by atoms with van der Waals surface area (Å²) in [4.78, 5) is 26.3. The van der Waals surface area contributed by atoms with Gasteiger partial charge in [0.25, 0.3) is 5.91 Å². The van der Waals surface area contributed by atoms with E-state index in [0.29, 0.717) is 18.8 Å². The minimum absolute atomic E-state index is 0.0110. The van der Waals surface area contributed by atoms with Crippen LogP contribution in [0.3, 0.4) is 0 Å². The van der Waals surface area contributed by atoms with Gasteiger partial charge in [0, 0.05) is 24.7 Å². The van der Waals surface area contributed by atoms with Gasteiger partial charge in [0.2, 0.25) is 5.91 Å². The molecule has 0 bridgehead atoms. The molecular formula is C20H21FN2O2. The van der Waals surface area contributed by atoms with Crippen LogP contribution in [0.5, 0.6) is 0 Å². The van der Waals surface area contributed by atoms with E-state index >= 15 is 0 Å². The van der Waals surface area contributed by atoms with Crippen molar-refractivity contribution in [1.82, 2.24) is 4.90 Å². The number of carbonyl (C=O) groups excluding carboxylic acids is 2. The average molecular weight is 340 g/mol. The number of fused-ring (bicyclic) bond motifs is 1. The summed E-state index contributed by atoms with van der Waals surface area (Å²) in [5.41, 5.74) is 2.81. The predicted octanol–water partition coefficient (Wildman–Crippen LogP) is 3.62. The first-order chi connectivity index (χ1) is 12.0. The van der Waals surface area contributed by atoms with Crippen molar-refractivity contribution >= 4 is 17.5 Å². The van der Waals surface area contributed by atoms with E-state index in [2.05, 4.69) is 5.32 Å². The minimum atomic E-state index is -0.549. The molecule has 1 aliphatic heterocycles. The molecule has 0 aliphatic carbocycles. The molecule has 0 aromatic heterocycles. The van der Waals surface area contributed by atoms with E-state index < -0.39 is 11.7 Å². The van der Waals surface area contributed by atoms with E-state index in [1.807, 2.05) is 36.9 Å². The van der Waals surface area contributed by atoms with Crippen LogP contribution in [0.15, 0.2) is 42.5 Å². The Balaban J connectivity index is 1.77. The lowest BCUT2D eigenvalue weighted by atomic mass is 9.98. The Bertz CT molecular complexity index is 817. The number of rotatable bonds is 3. The SMILES string of the molecule is CC(C)C(=O)N1CCc2ccc(NC(=O)c3ccccc3F)cc2C1. The first-order valence-corrected chi connectivity index (χ1v) is 8.42. The third-order valence-corrected chi connectivity index (χ3v) is 4.40. The number of amides is 2.